The van der Waals surface area contributed by atoms with Crippen LogP contribution in [0.4, 0.5) is 10.8 Å². The van der Waals surface area contributed by atoms with Crippen molar-refractivity contribution in [3.05, 3.63) is 38.8 Å². The Morgan fingerprint density at radius 2 is 2.16 bits per heavy atom. The van der Waals surface area contributed by atoms with Gasteiger partial charge in [0.2, 0.25) is 0 Å². The van der Waals surface area contributed by atoms with Crippen LogP contribution in [0.2, 0.25) is 10.0 Å². The van der Waals surface area contributed by atoms with E-state index in [0.717, 1.165) is 5.56 Å². The summed E-state index contributed by atoms with van der Waals surface area (Å²) in [5.41, 5.74) is 1.48. The summed E-state index contributed by atoms with van der Waals surface area (Å²) in [6, 6.07) is 3.58. The average molecular weight is 317 g/mol. The number of esters is 1. The van der Waals surface area contributed by atoms with Crippen molar-refractivity contribution >= 4 is 51.3 Å². The number of hydrogen-bond donors (Lipinski definition) is 1. The Morgan fingerprint density at radius 1 is 1.42 bits per heavy atom. The predicted octanol–water partition coefficient (Wildman–Crippen LogP) is 4.29. The van der Waals surface area contributed by atoms with Crippen molar-refractivity contribution in [1.82, 2.24) is 4.98 Å². The van der Waals surface area contributed by atoms with E-state index in [1.54, 1.807) is 6.07 Å². The number of nitrogens with one attached hydrogen (secondary N) is 1. The molecule has 4 nitrogen and oxygen atoms in total. The maximum absolute atomic E-state index is 11.3. The van der Waals surface area contributed by atoms with Crippen molar-refractivity contribution in [2.75, 3.05) is 12.4 Å². The molecule has 0 atom stereocenters. The number of rotatable bonds is 3. The Bertz CT molecular complexity index is 628. The molecular formula is C12H10Cl2N2O2S. The molecule has 7 heteroatoms. The van der Waals surface area contributed by atoms with E-state index < -0.39 is 5.97 Å². The molecule has 1 N–H and O–H groups in total. The van der Waals surface area contributed by atoms with Crippen LogP contribution < -0.4 is 5.32 Å². The molecule has 0 radical (unpaired) electrons. The molecule has 100 valence electrons. The summed E-state index contributed by atoms with van der Waals surface area (Å²) in [7, 11) is 1.32. The normalized spacial score (nSPS) is 10.3. The summed E-state index contributed by atoms with van der Waals surface area (Å²) < 4.78 is 4.62. The molecule has 0 bridgehead atoms. The smallest absolute Gasteiger partial charge is 0.349 e. The summed E-state index contributed by atoms with van der Waals surface area (Å²) in [4.78, 5) is 15.8. The van der Waals surface area contributed by atoms with Crippen LogP contribution in [0.3, 0.4) is 0 Å². The van der Waals surface area contributed by atoms with Gasteiger partial charge in [0, 0.05) is 0 Å². The van der Waals surface area contributed by atoms with Gasteiger partial charge in [0.05, 0.1) is 29.0 Å². The lowest BCUT2D eigenvalue weighted by molar-refractivity contribution is 0.0606. The van der Waals surface area contributed by atoms with E-state index in [2.05, 4.69) is 15.0 Å². The lowest BCUT2D eigenvalue weighted by Crippen LogP contribution is -1.96. The zero-order valence-corrected chi connectivity index (χ0v) is 12.5. The summed E-state index contributed by atoms with van der Waals surface area (Å²) >= 11 is 13.4. The van der Waals surface area contributed by atoms with Crippen molar-refractivity contribution < 1.29 is 9.53 Å². The number of thiazole rings is 1. The van der Waals surface area contributed by atoms with Gasteiger partial charge in [-0.05, 0) is 18.6 Å². The second-order valence-corrected chi connectivity index (χ2v) is 5.52. The van der Waals surface area contributed by atoms with E-state index in [-0.39, 0.29) is 0 Å². The van der Waals surface area contributed by atoms with Crippen molar-refractivity contribution in [3.8, 4) is 0 Å². The van der Waals surface area contributed by atoms with Gasteiger partial charge in [-0.15, -0.1) is 0 Å². The van der Waals surface area contributed by atoms with Gasteiger partial charge in [-0.3, -0.25) is 0 Å². The standard InChI is InChI=1S/C12H10Cl2N2O2S/c1-6-3-4-7(13)10(9(6)14)16-12-15-5-8(19-12)11(17)18-2/h3-5H,1-2H3,(H,15,16). The van der Waals surface area contributed by atoms with Crippen LogP contribution in [0.25, 0.3) is 0 Å². The van der Waals surface area contributed by atoms with Gasteiger partial charge in [-0.25, -0.2) is 9.78 Å². The molecule has 1 aromatic carbocycles. The minimum Gasteiger partial charge on any atom is -0.465 e. The number of ether oxygens (including phenoxy) is 1. The first-order valence-electron chi connectivity index (χ1n) is 5.28. The zero-order valence-electron chi connectivity index (χ0n) is 10.2. The van der Waals surface area contributed by atoms with Crippen LogP contribution in [-0.4, -0.2) is 18.1 Å². The molecule has 0 aliphatic carbocycles. The predicted molar refractivity (Wildman–Crippen MR) is 77.9 cm³/mol. The molecule has 0 aliphatic rings. The summed E-state index contributed by atoms with van der Waals surface area (Å²) in [6.45, 7) is 1.88. The highest BCUT2D eigenvalue weighted by molar-refractivity contribution is 7.17. The quantitative estimate of drug-likeness (QED) is 0.858. The molecule has 1 aromatic heterocycles. The van der Waals surface area contributed by atoms with E-state index in [0.29, 0.717) is 25.7 Å². The zero-order chi connectivity index (χ0) is 14.0. The maximum Gasteiger partial charge on any atom is 0.349 e. The number of methoxy groups -OCH3 is 1. The van der Waals surface area contributed by atoms with Crippen LogP contribution in [0.15, 0.2) is 18.3 Å². The molecule has 0 aliphatic heterocycles. The van der Waals surface area contributed by atoms with Gasteiger partial charge in [0.15, 0.2) is 5.13 Å². The number of carbonyl (C=O) groups is 1. The minimum atomic E-state index is -0.424. The number of aryl methyl sites for hydroxylation is 1. The lowest BCUT2D eigenvalue weighted by atomic mass is 10.2. The first kappa shape index (κ1) is 14.1. The fourth-order valence-corrected chi connectivity index (χ4v) is 2.61. The van der Waals surface area contributed by atoms with Crippen molar-refractivity contribution in [2.24, 2.45) is 0 Å². The molecule has 2 rings (SSSR count). The van der Waals surface area contributed by atoms with Gasteiger partial charge in [-0.2, -0.15) is 0 Å². The number of aromatic nitrogens is 1. The van der Waals surface area contributed by atoms with Gasteiger partial charge in [0.1, 0.15) is 4.88 Å². The molecule has 2 aromatic rings. The molecule has 0 fully saturated rings. The first-order valence-corrected chi connectivity index (χ1v) is 6.86. The Kier molecular flexibility index (Phi) is 4.29. The SMILES string of the molecule is COC(=O)c1cnc(Nc2c(Cl)ccc(C)c2Cl)s1. The summed E-state index contributed by atoms with van der Waals surface area (Å²) in [6.07, 6.45) is 1.44. The highest BCUT2D eigenvalue weighted by Gasteiger charge is 2.13. The van der Waals surface area contributed by atoms with E-state index in [4.69, 9.17) is 23.2 Å². The fraction of sp³-hybridized carbons (Fsp3) is 0.167. The number of nitrogens with zero attached hydrogens (tertiary/aromatic N) is 1. The highest BCUT2D eigenvalue weighted by Crippen LogP contribution is 2.36. The molecule has 0 saturated carbocycles. The molecule has 19 heavy (non-hydrogen) atoms. The Morgan fingerprint density at radius 3 is 2.84 bits per heavy atom. The highest BCUT2D eigenvalue weighted by atomic mass is 35.5. The van der Waals surface area contributed by atoms with E-state index in [1.807, 2.05) is 13.0 Å². The summed E-state index contributed by atoms with van der Waals surface area (Å²) in [5.74, 6) is -0.424. The third-order valence-electron chi connectivity index (χ3n) is 2.41. The van der Waals surface area contributed by atoms with Crippen LogP contribution in [0.1, 0.15) is 15.2 Å². The van der Waals surface area contributed by atoms with Crippen LogP contribution >= 0.6 is 34.5 Å². The first-order chi connectivity index (χ1) is 9.02. The number of halogens is 2. The van der Waals surface area contributed by atoms with E-state index in [1.165, 1.54) is 24.6 Å². The van der Waals surface area contributed by atoms with Gasteiger partial charge in [0.25, 0.3) is 0 Å². The summed E-state index contributed by atoms with van der Waals surface area (Å²) in [5, 5.41) is 4.56. The van der Waals surface area contributed by atoms with Crippen LogP contribution in [0.5, 0.6) is 0 Å². The van der Waals surface area contributed by atoms with Crippen molar-refractivity contribution in [1.29, 1.82) is 0 Å². The third-order valence-corrected chi connectivity index (χ3v) is 4.10. The third kappa shape index (κ3) is 3.00. The van der Waals surface area contributed by atoms with E-state index >= 15 is 0 Å². The van der Waals surface area contributed by atoms with Gasteiger partial charge in [-0.1, -0.05) is 40.6 Å². The number of hydrogen-bond acceptors (Lipinski definition) is 5. The maximum atomic E-state index is 11.3. The van der Waals surface area contributed by atoms with Gasteiger partial charge < -0.3 is 10.1 Å². The van der Waals surface area contributed by atoms with E-state index in [9.17, 15) is 4.79 Å². The second kappa shape index (κ2) is 5.77. The monoisotopic (exact) mass is 316 g/mol. The second-order valence-electron chi connectivity index (χ2n) is 3.70. The Labute approximate surface area is 124 Å². The molecule has 0 saturated heterocycles. The Balaban J connectivity index is 2.29. The molecule has 0 spiro atoms. The Hall–Kier alpha value is -1.30. The molecule has 0 unspecified atom stereocenters. The molecule has 1 heterocycles. The minimum absolute atomic E-state index is 0.407. The topological polar surface area (TPSA) is 51.2 Å². The fourth-order valence-electron chi connectivity index (χ4n) is 1.41. The molecule has 0 amide bonds. The van der Waals surface area contributed by atoms with Crippen molar-refractivity contribution in [2.45, 2.75) is 6.92 Å². The van der Waals surface area contributed by atoms with Crippen molar-refractivity contribution in [3.63, 3.8) is 0 Å². The van der Waals surface area contributed by atoms with Crippen LogP contribution in [0, 0.1) is 6.92 Å². The number of anilines is 2. The lowest BCUT2D eigenvalue weighted by Gasteiger charge is -2.09. The van der Waals surface area contributed by atoms with Crippen LogP contribution in [-0.2, 0) is 4.74 Å². The van der Waals surface area contributed by atoms with Gasteiger partial charge >= 0.3 is 5.97 Å². The number of carbonyl (C=O) groups excluding carboxylic acids is 1. The average Bonchev–Trinajstić information content (AvgIpc) is 2.87. The number of benzene rings is 1. The largest absolute Gasteiger partial charge is 0.465 e. The molecular weight excluding hydrogens is 307 g/mol.